The maximum absolute atomic E-state index is 12.5. The Hall–Kier alpha value is -1.31. The van der Waals surface area contributed by atoms with Crippen molar-refractivity contribution < 1.29 is 26.3 Å². The largest absolute Gasteiger partial charge is 0.406 e. The number of aromatic nitrogens is 1. The van der Waals surface area contributed by atoms with Gasteiger partial charge in [0.1, 0.15) is 5.01 Å². The highest BCUT2D eigenvalue weighted by molar-refractivity contribution is 7.18. The summed E-state index contributed by atoms with van der Waals surface area (Å²) < 4.78 is 75.2. The molecule has 0 saturated heterocycles. The van der Waals surface area contributed by atoms with Crippen molar-refractivity contribution in [1.29, 1.82) is 0 Å². The monoisotopic (exact) mass is 285 g/mol. The van der Waals surface area contributed by atoms with Gasteiger partial charge in [-0.25, -0.2) is 4.98 Å². The van der Waals surface area contributed by atoms with Gasteiger partial charge in [-0.3, -0.25) is 0 Å². The van der Waals surface area contributed by atoms with Crippen LogP contribution in [0.4, 0.5) is 26.3 Å². The first-order chi connectivity index (χ1) is 8.19. The third kappa shape index (κ3) is 2.43. The van der Waals surface area contributed by atoms with Gasteiger partial charge in [-0.15, -0.1) is 11.3 Å². The van der Waals surface area contributed by atoms with Crippen molar-refractivity contribution in [3.05, 3.63) is 29.3 Å². The molecule has 0 N–H and O–H groups in total. The Labute approximate surface area is 101 Å². The Kier molecular flexibility index (Phi) is 3.00. The van der Waals surface area contributed by atoms with E-state index in [9.17, 15) is 26.3 Å². The lowest BCUT2D eigenvalue weighted by Gasteiger charge is -2.20. The highest BCUT2D eigenvalue weighted by Gasteiger charge is 2.59. The van der Waals surface area contributed by atoms with Crippen LogP contribution in [0.15, 0.2) is 24.3 Å². The lowest BCUT2D eigenvalue weighted by atomic mass is 10.1. The molecule has 1 aromatic heterocycles. The molecule has 0 bridgehead atoms. The number of para-hydroxylation sites is 1. The molecule has 18 heavy (non-hydrogen) atoms. The van der Waals surface area contributed by atoms with Gasteiger partial charge in [-0.05, 0) is 12.1 Å². The molecule has 0 atom stereocenters. The molecule has 98 valence electrons. The molecule has 0 aliphatic carbocycles. The fraction of sp³-hybridized carbons (Fsp3) is 0.300. The summed E-state index contributed by atoms with van der Waals surface area (Å²) in [6.07, 6.45) is -10.8. The van der Waals surface area contributed by atoms with E-state index in [0.29, 0.717) is 16.0 Å². The van der Waals surface area contributed by atoms with Crippen molar-refractivity contribution in [3.8, 4) is 0 Å². The van der Waals surface area contributed by atoms with Gasteiger partial charge in [-0.1, -0.05) is 12.1 Å². The smallest absolute Gasteiger partial charge is 0.240 e. The molecule has 2 aromatic rings. The highest BCUT2D eigenvalue weighted by atomic mass is 32.1. The second-order valence-corrected chi connectivity index (χ2v) is 4.60. The van der Waals surface area contributed by atoms with Crippen LogP contribution in [0.5, 0.6) is 0 Å². The maximum Gasteiger partial charge on any atom is 0.406 e. The summed E-state index contributed by atoms with van der Waals surface area (Å²) in [5.74, 6) is -3.53. The van der Waals surface area contributed by atoms with Gasteiger partial charge >= 0.3 is 12.4 Å². The van der Waals surface area contributed by atoms with Gasteiger partial charge in [0.2, 0.25) is 5.92 Å². The summed E-state index contributed by atoms with van der Waals surface area (Å²) in [7, 11) is 0. The fourth-order valence-electron chi connectivity index (χ4n) is 1.48. The average molecular weight is 285 g/mol. The van der Waals surface area contributed by atoms with Crippen LogP contribution >= 0.6 is 11.3 Å². The van der Waals surface area contributed by atoms with Crippen molar-refractivity contribution in [3.63, 3.8) is 0 Å². The predicted molar refractivity (Wildman–Crippen MR) is 54.5 cm³/mol. The van der Waals surface area contributed by atoms with Crippen LogP contribution in [0.1, 0.15) is 10.9 Å². The first kappa shape index (κ1) is 13.1. The van der Waals surface area contributed by atoms with E-state index in [-0.39, 0.29) is 5.52 Å². The Balaban J connectivity index is 2.55. The Bertz CT molecular complexity index is 508. The number of benzene rings is 1. The molecule has 1 nitrogen and oxygen atoms in total. The molecule has 0 radical (unpaired) electrons. The number of alkyl halides is 6. The van der Waals surface area contributed by atoms with Crippen LogP contribution in [-0.4, -0.2) is 17.3 Å². The van der Waals surface area contributed by atoms with Crippen molar-refractivity contribution in [2.24, 2.45) is 0 Å². The number of halogens is 6. The zero-order chi connectivity index (χ0) is 13.6. The van der Waals surface area contributed by atoms with Crippen LogP contribution in [0.25, 0.3) is 10.2 Å². The molecule has 0 aliphatic rings. The van der Waals surface area contributed by atoms with Crippen LogP contribution < -0.4 is 0 Å². The standard InChI is InChI=1S/C10H5F6NS/c11-9(12,13)7(10(14,15)16)8-17-5-3-1-2-4-6(5)18-8/h1-4,7H. The molecule has 2 rings (SSSR count). The number of fused-ring (bicyclic) bond motifs is 1. The number of thiazole rings is 1. The molecule has 0 unspecified atom stereocenters. The van der Waals surface area contributed by atoms with Crippen LogP contribution in [-0.2, 0) is 0 Å². The minimum atomic E-state index is -5.40. The molecular formula is C10H5F6NS. The van der Waals surface area contributed by atoms with E-state index < -0.39 is 23.3 Å². The fourth-order valence-corrected chi connectivity index (χ4v) is 2.60. The quantitative estimate of drug-likeness (QED) is 0.703. The first-order valence-corrected chi connectivity index (χ1v) is 5.50. The molecule has 0 spiro atoms. The molecule has 8 heteroatoms. The summed E-state index contributed by atoms with van der Waals surface area (Å²) in [5, 5.41) is -0.976. The maximum atomic E-state index is 12.5. The zero-order valence-corrected chi connectivity index (χ0v) is 9.33. The van der Waals surface area contributed by atoms with E-state index in [1.807, 2.05) is 0 Å². The normalized spacial score (nSPS) is 13.5. The topological polar surface area (TPSA) is 12.9 Å². The molecule has 1 aromatic carbocycles. The highest BCUT2D eigenvalue weighted by Crippen LogP contribution is 2.47. The number of hydrogen-bond donors (Lipinski definition) is 0. The van der Waals surface area contributed by atoms with Gasteiger partial charge < -0.3 is 0 Å². The number of nitrogens with zero attached hydrogens (tertiary/aromatic N) is 1. The Morgan fingerprint density at radius 2 is 1.50 bits per heavy atom. The molecule has 0 amide bonds. The SMILES string of the molecule is FC(F)(F)C(c1nc2ccccc2s1)C(F)(F)F. The van der Waals surface area contributed by atoms with Gasteiger partial charge in [0.05, 0.1) is 10.2 Å². The number of hydrogen-bond acceptors (Lipinski definition) is 2. The van der Waals surface area contributed by atoms with Gasteiger partial charge in [0.15, 0.2) is 0 Å². The molecule has 0 fully saturated rings. The van der Waals surface area contributed by atoms with Gasteiger partial charge in [0.25, 0.3) is 0 Å². The number of rotatable bonds is 1. The van der Waals surface area contributed by atoms with E-state index in [4.69, 9.17) is 0 Å². The summed E-state index contributed by atoms with van der Waals surface area (Å²) >= 11 is 0.408. The second kappa shape index (κ2) is 4.11. The van der Waals surface area contributed by atoms with Gasteiger partial charge in [-0.2, -0.15) is 26.3 Å². The summed E-state index contributed by atoms with van der Waals surface area (Å²) in [5.41, 5.74) is 0.135. The second-order valence-electron chi connectivity index (χ2n) is 3.54. The minimum Gasteiger partial charge on any atom is -0.240 e. The Morgan fingerprint density at radius 1 is 0.944 bits per heavy atom. The zero-order valence-electron chi connectivity index (χ0n) is 8.51. The van der Waals surface area contributed by atoms with Crippen LogP contribution in [0.2, 0.25) is 0 Å². The third-order valence-electron chi connectivity index (χ3n) is 2.21. The molecule has 1 heterocycles. The van der Waals surface area contributed by atoms with E-state index in [0.717, 1.165) is 0 Å². The van der Waals surface area contributed by atoms with Crippen LogP contribution in [0.3, 0.4) is 0 Å². The Morgan fingerprint density at radius 3 is 2.00 bits per heavy atom. The molecule has 0 saturated carbocycles. The summed E-state index contributed by atoms with van der Waals surface area (Å²) in [4.78, 5) is 3.42. The average Bonchev–Trinajstić information content (AvgIpc) is 2.54. The van der Waals surface area contributed by atoms with Crippen molar-refractivity contribution in [2.75, 3.05) is 0 Å². The summed E-state index contributed by atoms with van der Waals surface area (Å²) in [6, 6.07) is 5.84. The van der Waals surface area contributed by atoms with Crippen molar-refractivity contribution >= 4 is 21.6 Å². The van der Waals surface area contributed by atoms with E-state index in [2.05, 4.69) is 4.98 Å². The lowest BCUT2D eigenvalue weighted by Crippen LogP contribution is -2.33. The van der Waals surface area contributed by atoms with E-state index in [1.165, 1.54) is 24.3 Å². The summed E-state index contributed by atoms with van der Waals surface area (Å²) in [6.45, 7) is 0. The predicted octanol–water partition coefficient (Wildman–Crippen LogP) is 4.50. The van der Waals surface area contributed by atoms with Crippen molar-refractivity contribution in [2.45, 2.75) is 18.3 Å². The van der Waals surface area contributed by atoms with E-state index in [1.54, 1.807) is 0 Å². The van der Waals surface area contributed by atoms with Crippen molar-refractivity contribution in [1.82, 2.24) is 4.98 Å². The van der Waals surface area contributed by atoms with Crippen LogP contribution in [0, 0.1) is 0 Å². The third-order valence-corrected chi connectivity index (χ3v) is 3.31. The minimum absolute atomic E-state index is 0.135. The molecule has 0 aliphatic heterocycles. The van der Waals surface area contributed by atoms with Gasteiger partial charge in [0, 0.05) is 0 Å². The first-order valence-electron chi connectivity index (χ1n) is 4.68. The lowest BCUT2D eigenvalue weighted by molar-refractivity contribution is -0.253. The molecular weight excluding hydrogens is 280 g/mol. The van der Waals surface area contributed by atoms with E-state index >= 15 is 0 Å².